The number of rotatable bonds is 11. The third-order valence-electron chi connectivity index (χ3n) is 7.29. The second kappa shape index (κ2) is 15.4. The van der Waals surface area contributed by atoms with E-state index in [1.807, 2.05) is 13.8 Å². The number of ether oxygens (including phenoxy) is 1. The average Bonchev–Trinajstić information content (AvgIpc) is 2.78. The summed E-state index contributed by atoms with van der Waals surface area (Å²) < 4.78 is 6.68. The Morgan fingerprint density at radius 3 is 2.29 bits per heavy atom. The Bertz CT molecular complexity index is 878. The van der Waals surface area contributed by atoms with Crippen LogP contribution in [0.15, 0.2) is 41.0 Å². The Hall–Kier alpha value is -1.76. The Balaban J connectivity index is 0.00000298. The first-order chi connectivity index (χ1) is 16.5. The van der Waals surface area contributed by atoms with Crippen LogP contribution in [0.3, 0.4) is 0 Å². The Labute approximate surface area is 219 Å². The smallest absolute Gasteiger partial charge is 0.126 e. The molecule has 0 amide bonds. The van der Waals surface area contributed by atoms with E-state index in [0.29, 0.717) is 5.92 Å². The molecule has 1 aromatic rings. The molecule has 0 fully saturated rings. The van der Waals surface area contributed by atoms with Gasteiger partial charge in [-0.3, -0.25) is 0 Å². The van der Waals surface area contributed by atoms with Crippen LogP contribution in [0.2, 0.25) is 0 Å². The van der Waals surface area contributed by atoms with Crippen molar-refractivity contribution in [3.63, 3.8) is 0 Å². The molecule has 1 aromatic carbocycles. The van der Waals surface area contributed by atoms with E-state index in [0.717, 1.165) is 37.9 Å². The minimum absolute atomic E-state index is 0.0718. The third kappa shape index (κ3) is 10.8. The van der Waals surface area contributed by atoms with Gasteiger partial charge < -0.3 is 4.74 Å². The number of benzene rings is 1. The quantitative estimate of drug-likeness (QED) is 0.226. The van der Waals surface area contributed by atoms with E-state index in [1.165, 1.54) is 59.1 Å². The average molecular weight is 481 g/mol. The minimum atomic E-state index is -0.0718. The predicted molar refractivity (Wildman–Crippen MR) is 158 cm³/mol. The lowest BCUT2D eigenvalue weighted by molar-refractivity contribution is 0.0461. The van der Waals surface area contributed by atoms with Gasteiger partial charge in [-0.2, -0.15) is 0 Å². The molecule has 0 radical (unpaired) electrons. The fraction of sp³-hybridized carbons (Fsp3) is 0.647. The molecule has 1 heteroatoms. The van der Waals surface area contributed by atoms with Gasteiger partial charge in [0.1, 0.15) is 11.4 Å². The molecule has 1 aliphatic rings. The number of allylic oxidation sites excluding steroid dienone is 6. The van der Waals surface area contributed by atoms with Gasteiger partial charge in [0.15, 0.2) is 0 Å². The highest BCUT2D eigenvalue weighted by atomic mass is 16.5. The zero-order valence-corrected chi connectivity index (χ0v) is 25.2. The summed E-state index contributed by atoms with van der Waals surface area (Å²) in [5.41, 5.74) is 9.95. The van der Waals surface area contributed by atoms with Gasteiger partial charge in [0.25, 0.3) is 0 Å². The fourth-order valence-corrected chi connectivity index (χ4v) is 5.31. The van der Waals surface area contributed by atoms with Gasteiger partial charge in [0.05, 0.1) is 0 Å². The summed E-state index contributed by atoms with van der Waals surface area (Å²) in [6, 6.07) is 2.28. The summed E-state index contributed by atoms with van der Waals surface area (Å²) in [4.78, 5) is 0. The summed E-state index contributed by atoms with van der Waals surface area (Å²) >= 11 is 0. The normalized spacial score (nSPS) is 18.7. The maximum absolute atomic E-state index is 6.68. The number of hydrogen-bond acceptors (Lipinski definition) is 1. The van der Waals surface area contributed by atoms with Crippen LogP contribution >= 0.6 is 0 Å². The maximum atomic E-state index is 6.68. The molecule has 198 valence electrons. The lowest BCUT2D eigenvalue weighted by atomic mass is 9.82. The van der Waals surface area contributed by atoms with Crippen LogP contribution in [0, 0.1) is 26.7 Å². The van der Waals surface area contributed by atoms with Gasteiger partial charge in [0, 0.05) is 0 Å². The molecule has 1 aliphatic heterocycles. The van der Waals surface area contributed by atoms with E-state index < -0.39 is 0 Å². The highest BCUT2D eigenvalue weighted by molar-refractivity contribution is 5.50. The van der Waals surface area contributed by atoms with Gasteiger partial charge in [0.2, 0.25) is 0 Å². The summed E-state index contributed by atoms with van der Waals surface area (Å²) in [5, 5.41) is 0. The van der Waals surface area contributed by atoms with Crippen LogP contribution in [0.4, 0.5) is 0 Å². The number of hydrogen-bond donors (Lipinski definition) is 0. The van der Waals surface area contributed by atoms with E-state index in [9.17, 15) is 0 Å². The van der Waals surface area contributed by atoms with Crippen molar-refractivity contribution in [3.8, 4) is 5.75 Å². The molecular formula is C34H56O. The topological polar surface area (TPSA) is 9.23 Å². The molecule has 2 atom stereocenters. The second-order valence-electron chi connectivity index (χ2n) is 11.3. The predicted octanol–water partition coefficient (Wildman–Crippen LogP) is 10.9. The first-order valence-corrected chi connectivity index (χ1v) is 14.3. The van der Waals surface area contributed by atoms with Crippen molar-refractivity contribution in [1.82, 2.24) is 0 Å². The fourth-order valence-electron chi connectivity index (χ4n) is 5.31. The van der Waals surface area contributed by atoms with Crippen LogP contribution in [-0.2, 0) is 6.42 Å². The van der Waals surface area contributed by atoms with Gasteiger partial charge in [-0.1, -0.05) is 61.8 Å². The summed E-state index contributed by atoms with van der Waals surface area (Å²) in [6.45, 7) is 24.3. The van der Waals surface area contributed by atoms with Gasteiger partial charge >= 0.3 is 0 Å². The van der Waals surface area contributed by atoms with Crippen LogP contribution in [0.5, 0.6) is 5.75 Å². The van der Waals surface area contributed by atoms with Crippen LogP contribution in [-0.4, -0.2) is 5.60 Å². The molecule has 0 saturated carbocycles. The molecule has 1 nitrogen and oxygen atoms in total. The van der Waals surface area contributed by atoms with Crippen molar-refractivity contribution in [1.29, 1.82) is 0 Å². The molecule has 1 heterocycles. The molecule has 35 heavy (non-hydrogen) atoms. The standard InChI is InChI=1S/C32H50O.C2H6/c1-23(2)14-11-10-12-15-24(3)16-13-17-25(4)20-26(5)22-32(9)19-18-30-29(8)27(6)21-28(7)31(30)33-32;1-2/h14,16,20-21,26H,10-13,15,17-19,22H2,1-9H3;1-2H3/b24-16+,25-20+;. The molecule has 0 saturated heterocycles. The summed E-state index contributed by atoms with van der Waals surface area (Å²) in [7, 11) is 0. The lowest BCUT2D eigenvalue weighted by Crippen LogP contribution is -2.38. The molecule has 0 N–H and O–H groups in total. The van der Waals surface area contributed by atoms with Crippen molar-refractivity contribution < 1.29 is 4.74 Å². The first kappa shape index (κ1) is 31.3. The van der Waals surface area contributed by atoms with Crippen molar-refractivity contribution in [2.45, 2.75) is 140 Å². The highest BCUT2D eigenvalue weighted by Gasteiger charge is 2.34. The van der Waals surface area contributed by atoms with Crippen LogP contribution < -0.4 is 4.74 Å². The van der Waals surface area contributed by atoms with E-state index in [2.05, 4.69) is 86.6 Å². The zero-order valence-electron chi connectivity index (χ0n) is 25.2. The van der Waals surface area contributed by atoms with E-state index in [1.54, 1.807) is 5.57 Å². The van der Waals surface area contributed by atoms with Crippen molar-refractivity contribution in [2.24, 2.45) is 5.92 Å². The number of aryl methyl sites for hydroxylation is 2. The molecular weight excluding hydrogens is 424 g/mol. The van der Waals surface area contributed by atoms with Gasteiger partial charge in [-0.15, -0.1) is 0 Å². The maximum Gasteiger partial charge on any atom is 0.126 e. The van der Waals surface area contributed by atoms with Crippen molar-refractivity contribution >= 4 is 0 Å². The van der Waals surface area contributed by atoms with E-state index >= 15 is 0 Å². The zero-order chi connectivity index (χ0) is 26.6. The van der Waals surface area contributed by atoms with Crippen LogP contribution in [0.25, 0.3) is 0 Å². The Morgan fingerprint density at radius 1 is 0.943 bits per heavy atom. The summed E-state index contributed by atoms with van der Waals surface area (Å²) in [6.07, 6.45) is 18.0. The Morgan fingerprint density at radius 2 is 1.63 bits per heavy atom. The monoisotopic (exact) mass is 480 g/mol. The Kier molecular flexibility index (Phi) is 13.7. The summed E-state index contributed by atoms with van der Waals surface area (Å²) in [5.74, 6) is 1.68. The number of unbranched alkanes of at least 4 members (excludes halogenated alkanes) is 2. The SMILES string of the molecule is CC.CC(C)=CCCCC/C(C)=C/CC/C(C)=C/C(C)CC1(C)CCc2c(C)c(C)cc(C)c2O1. The largest absolute Gasteiger partial charge is 0.487 e. The van der Waals surface area contributed by atoms with Crippen molar-refractivity contribution in [2.75, 3.05) is 0 Å². The van der Waals surface area contributed by atoms with E-state index in [-0.39, 0.29) is 5.60 Å². The molecule has 2 rings (SSSR count). The molecule has 0 aliphatic carbocycles. The van der Waals surface area contributed by atoms with E-state index in [4.69, 9.17) is 4.74 Å². The molecule has 0 spiro atoms. The second-order valence-corrected chi connectivity index (χ2v) is 11.3. The molecule has 0 bridgehead atoms. The third-order valence-corrected chi connectivity index (χ3v) is 7.29. The number of fused-ring (bicyclic) bond motifs is 1. The first-order valence-electron chi connectivity index (χ1n) is 14.3. The molecule has 2 unspecified atom stereocenters. The molecule has 0 aromatic heterocycles. The lowest BCUT2D eigenvalue weighted by Gasteiger charge is -2.39. The van der Waals surface area contributed by atoms with Gasteiger partial charge in [-0.05, 0) is 141 Å². The van der Waals surface area contributed by atoms with Gasteiger partial charge in [-0.25, -0.2) is 0 Å². The minimum Gasteiger partial charge on any atom is -0.487 e. The van der Waals surface area contributed by atoms with Crippen LogP contribution in [0.1, 0.15) is 129 Å². The van der Waals surface area contributed by atoms with Crippen molar-refractivity contribution in [3.05, 3.63) is 63.3 Å². The highest BCUT2D eigenvalue weighted by Crippen LogP contribution is 2.41.